The van der Waals surface area contributed by atoms with Crippen LogP contribution in [0.5, 0.6) is 0 Å². The van der Waals surface area contributed by atoms with Gasteiger partial charge in [0.15, 0.2) is 14.6 Å². The zero-order valence-electron chi connectivity index (χ0n) is 17.5. The van der Waals surface area contributed by atoms with E-state index < -0.39 is 44.2 Å². The second kappa shape index (κ2) is 9.09. The highest BCUT2D eigenvalue weighted by molar-refractivity contribution is 7.93. The van der Waals surface area contributed by atoms with Crippen molar-refractivity contribution < 1.29 is 27.4 Å². The van der Waals surface area contributed by atoms with Gasteiger partial charge in [-0.25, -0.2) is 17.6 Å². The van der Waals surface area contributed by atoms with Crippen LogP contribution in [0.15, 0.2) is 24.3 Å². The first-order valence-electron chi connectivity index (χ1n) is 9.26. The van der Waals surface area contributed by atoms with E-state index in [0.717, 1.165) is 0 Å². The lowest BCUT2D eigenvalue weighted by molar-refractivity contribution is 0.0450. The molecule has 0 heterocycles. The van der Waals surface area contributed by atoms with Crippen molar-refractivity contribution in [3.05, 3.63) is 35.6 Å². The van der Waals surface area contributed by atoms with Crippen molar-refractivity contribution in [1.29, 1.82) is 5.26 Å². The van der Waals surface area contributed by atoms with Crippen molar-refractivity contribution in [3.63, 3.8) is 0 Å². The van der Waals surface area contributed by atoms with Crippen LogP contribution in [0.25, 0.3) is 0 Å². The monoisotopic (exact) mass is 428 g/mol. The fourth-order valence-corrected chi connectivity index (χ4v) is 4.23. The number of hydrogen-bond donors (Lipinski definition) is 2. The predicted molar refractivity (Wildman–Crippen MR) is 107 cm³/mol. The summed E-state index contributed by atoms with van der Waals surface area (Å²) >= 11 is 0. The third-order valence-electron chi connectivity index (χ3n) is 4.71. The first-order valence-corrected chi connectivity index (χ1v) is 10.9. The third kappa shape index (κ3) is 5.90. The van der Waals surface area contributed by atoms with Crippen molar-refractivity contribution in [3.8, 4) is 6.07 Å². The molecule has 1 amide bonds. The number of nitriles is 1. The van der Waals surface area contributed by atoms with Crippen molar-refractivity contribution in [2.24, 2.45) is 0 Å². The van der Waals surface area contributed by atoms with Gasteiger partial charge in [0, 0.05) is 11.3 Å². The number of benzene rings is 1. The second-order valence-corrected chi connectivity index (χ2v) is 10.7. The van der Waals surface area contributed by atoms with E-state index in [1.807, 2.05) is 0 Å². The summed E-state index contributed by atoms with van der Waals surface area (Å²) in [5, 5.41) is 21.8. The summed E-state index contributed by atoms with van der Waals surface area (Å²) in [7, 11) is -3.94. The Kier molecular flexibility index (Phi) is 7.80. The smallest absolute Gasteiger partial charge is 0.408 e. The number of alkyl carbamates (subject to hydrolysis) is 1. The van der Waals surface area contributed by atoms with Gasteiger partial charge in [0.2, 0.25) is 0 Å². The highest BCUT2D eigenvalue weighted by Crippen LogP contribution is 2.34. The summed E-state index contributed by atoms with van der Waals surface area (Å²) in [6.45, 7) is 7.02. The second-order valence-electron chi connectivity index (χ2n) is 8.11. The molecule has 1 unspecified atom stereocenters. The Morgan fingerprint density at radius 3 is 2.28 bits per heavy atom. The van der Waals surface area contributed by atoms with Crippen LogP contribution in [-0.2, 0) is 20.1 Å². The summed E-state index contributed by atoms with van der Waals surface area (Å²) in [6.07, 6.45) is -1.25. The number of ether oxygens (including phenoxy) is 1. The fraction of sp³-hybridized carbons (Fsp3) is 0.600. The standard InChI is InChI=1S/C20H29FN2O5S/c1-6-29(26,27)20(13-22,14-24)12-11-19(5,15-9-7-8-10-16(15)21)23-17(25)28-18(2,3)4/h7-10,24H,6,11-12,14H2,1-5H3,(H,23,25)/t19-,20?/m0/s1. The van der Waals surface area contributed by atoms with Gasteiger partial charge >= 0.3 is 6.09 Å². The number of nitrogens with one attached hydrogen (secondary N) is 1. The van der Waals surface area contributed by atoms with Gasteiger partial charge in [-0.05, 0) is 46.6 Å². The highest BCUT2D eigenvalue weighted by Gasteiger charge is 2.45. The lowest BCUT2D eigenvalue weighted by Gasteiger charge is -2.35. The molecule has 162 valence electrons. The Balaban J connectivity index is 3.34. The van der Waals surface area contributed by atoms with Crippen LogP contribution < -0.4 is 5.32 Å². The molecule has 1 rings (SSSR count). The van der Waals surface area contributed by atoms with Crippen LogP contribution in [-0.4, -0.2) is 42.3 Å². The van der Waals surface area contributed by atoms with Gasteiger partial charge in [-0.2, -0.15) is 5.26 Å². The Labute approximate surface area is 171 Å². The van der Waals surface area contributed by atoms with Crippen LogP contribution in [0.2, 0.25) is 0 Å². The zero-order chi connectivity index (χ0) is 22.5. The maximum Gasteiger partial charge on any atom is 0.408 e. The Morgan fingerprint density at radius 2 is 1.83 bits per heavy atom. The number of sulfone groups is 1. The van der Waals surface area contributed by atoms with E-state index in [1.165, 1.54) is 32.0 Å². The average Bonchev–Trinajstić information content (AvgIpc) is 2.61. The normalized spacial score (nSPS) is 16.2. The summed E-state index contributed by atoms with van der Waals surface area (Å²) in [6, 6.07) is 7.47. The van der Waals surface area contributed by atoms with E-state index in [0.29, 0.717) is 0 Å². The highest BCUT2D eigenvalue weighted by atomic mass is 32.2. The van der Waals surface area contributed by atoms with Crippen molar-refractivity contribution in [2.75, 3.05) is 12.4 Å². The minimum atomic E-state index is -3.94. The summed E-state index contributed by atoms with van der Waals surface area (Å²) in [4.78, 5) is 12.4. The Bertz CT molecular complexity index is 876. The van der Waals surface area contributed by atoms with Gasteiger partial charge in [-0.1, -0.05) is 25.1 Å². The number of rotatable bonds is 8. The first kappa shape index (κ1) is 24.9. The Morgan fingerprint density at radius 1 is 1.24 bits per heavy atom. The molecule has 2 N–H and O–H groups in total. The van der Waals surface area contributed by atoms with Gasteiger partial charge in [0.05, 0.1) is 18.2 Å². The average molecular weight is 429 g/mol. The molecule has 7 nitrogen and oxygen atoms in total. The molecule has 0 aliphatic heterocycles. The number of aliphatic hydroxyl groups excluding tert-OH is 1. The van der Waals surface area contributed by atoms with Gasteiger partial charge < -0.3 is 15.2 Å². The molecule has 0 bridgehead atoms. The number of amides is 1. The SMILES string of the molecule is CCS(=O)(=O)C(C#N)(CO)CC[C@](C)(NC(=O)OC(C)(C)C)c1ccccc1F. The van der Waals surface area contributed by atoms with Crippen LogP contribution in [0.3, 0.4) is 0 Å². The molecular formula is C20H29FN2O5S. The third-order valence-corrected chi connectivity index (χ3v) is 7.08. The van der Waals surface area contributed by atoms with Gasteiger partial charge in [-0.15, -0.1) is 0 Å². The summed E-state index contributed by atoms with van der Waals surface area (Å²) in [5.74, 6) is -0.937. The lowest BCUT2D eigenvalue weighted by Crippen LogP contribution is -2.49. The molecular weight excluding hydrogens is 399 g/mol. The topological polar surface area (TPSA) is 116 Å². The Hall–Kier alpha value is -2.18. The van der Waals surface area contributed by atoms with Gasteiger partial charge in [-0.3, -0.25) is 0 Å². The van der Waals surface area contributed by atoms with E-state index in [-0.39, 0.29) is 24.2 Å². The molecule has 0 saturated carbocycles. The molecule has 0 aromatic heterocycles. The predicted octanol–water partition coefficient (Wildman–Crippen LogP) is 3.04. The molecule has 1 aromatic carbocycles. The number of carbonyl (C=O) groups is 1. The number of nitrogens with zero attached hydrogens (tertiary/aromatic N) is 1. The molecule has 0 aliphatic rings. The van der Waals surface area contributed by atoms with Crippen molar-refractivity contribution in [1.82, 2.24) is 5.32 Å². The van der Waals surface area contributed by atoms with E-state index in [1.54, 1.807) is 32.9 Å². The number of hydrogen-bond acceptors (Lipinski definition) is 6. The summed E-state index contributed by atoms with van der Waals surface area (Å²) in [5.41, 5.74) is -2.06. The van der Waals surface area contributed by atoms with Gasteiger partial charge in [0.1, 0.15) is 11.4 Å². The van der Waals surface area contributed by atoms with Crippen LogP contribution in [0, 0.1) is 17.1 Å². The van der Waals surface area contributed by atoms with E-state index in [2.05, 4.69) is 5.32 Å². The van der Waals surface area contributed by atoms with Crippen LogP contribution in [0.4, 0.5) is 9.18 Å². The van der Waals surface area contributed by atoms with Gasteiger partial charge in [0.25, 0.3) is 0 Å². The molecule has 0 fully saturated rings. The van der Waals surface area contributed by atoms with Crippen LogP contribution >= 0.6 is 0 Å². The molecule has 0 saturated heterocycles. The fourth-order valence-electron chi connectivity index (χ4n) is 2.92. The minimum absolute atomic E-state index is 0.115. The molecule has 1 aromatic rings. The van der Waals surface area contributed by atoms with E-state index in [9.17, 15) is 28.0 Å². The maximum absolute atomic E-state index is 14.5. The van der Waals surface area contributed by atoms with Crippen molar-refractivity contribution >= 4 is 15.9 Å². The lowest BCUT2D eigenvalue weighted by atomic mass is 9.84. The molecule has 9 heteroatoms. The number of aliphatic hydroxyl groups is 1. The molecule has 0 aliphatic carbocycles. The van der Waals surface area contributed by atoms with Crippen LogP contribution in [0.1, 0.15) is 53.0 Å². The largest absolute Gasteiger partial charge is 0.444 e. The van der Waals surface area contributed by atoms with Crippen molar-refractivity contribution in [2.45, 2.75) is 63.3 Å². The molecule has 0 spiro atoms. The minimum Gasteiger partial charge on any atom is -0.444 e. The number of halogens is 1. The van der Waals surface area contributed by atoms with E-state index in [4.69, 9.17) is 4.74 Å². The number of carbonyl (C=O) groups excluding carboxylic acids is 1. The zero-order valence-corrected chi connectivity index (χ0v) is 18.3. The molecule has 29 heavy (non-hydrogen) atoms. The molecule has 2 atom stereocenters. The van der Waals surface area contributed by atoms with E-state index >= 15 is 0 Å². The first-order chi connectivity index (χ1) is 13.3. The summed E-state index contributed by atoms with van der Waals surface area (Å²) < 4.78 is 42.6. The molecule has 0 radical (unpaired) electrons. The quantitative estimate of drug-likeness (QED) is 0.657. The maximum atomic E-state index is 14.5.